The van der Waals surface area contributed by atoms with Gasteiger partial charge in [-0.15, -0.1) is 5.10 Å². The van der Waals surface area contributed by atoms with E-state index in [4.69, 9.17) is 4.74 Å². The van der Waals surface area contributed by atoms with Crippen LogP contribution in [0.5, 0.6) is 0 Å². The van der Waals surface area contributed by atoms with Gasteiger partial charge in [0.05, 0.1) is 28.6 Å². The summed E-state index contributed by atoms with van der Waals surface area (Å²) in [6.07, 6.45) is 2.23. The number of carbonyl (C=O) groups is 1. The molecule has 0 aliphatic carbocycles. The van der Waals surface area contributed by atoms with Crippen LogP contribution in [0.4, 0.5) is 5.13 Å². The summed E-state index contributed by atoms with van der Waals surface area (Å²) >= 11 is 2.80. The minimum atomic E-state index is -0.125. The molecule has 4 rings (SSSR count). The number of hydrogen-bond donors (Lipinski definition) is 1. The lowest BCUT2D eigenvalue weighted by Gasteiger charge is -2.09. The van der Waals surface area contributed by atoms with E-state index >= 15 is 0 Å². The maximum absolute atomic E-state index is 12.3. The number of rotatable bonds is 6. The molecule has 0 radical (unpaired) electrons. The fourth-order valence-corrected chi connectivity index (χ4v) is 4.85. The highest BCUT2D eigenvalue weighted by molar-refractivity contribution is 7.99. The van der Waals surface area contributed by atoms with Crippen LogP contribution in [-0.4, -0.2) is 49.6 Å². The Morgan fingerprint density at radius 2 is 2.33 bits per heavy atom. The van der Waals surface area contributed by atoms with Crippen molar-refractivity contribution in [2.75, 3.05) is 17.7 Å². The lowest BCUT2D eigenvalue weighted by molar-refractivity contribution is -0.113. The van der Waals surface area contributed by atoms with Gasteiger partial charge in [0, 0.05) is 6.61 Å². The first-order valence-corrected chi connectivity index (χ1v) is 10.6. The maximum atomic E-state index is 12.3. The molecule has 1 aliphatic rings. The van der Waals surface area contributed by atoms with E-state index in [-0.39, 0.29) is 17.8 Å². The van der Waals surface area contributed by atoms with Crippen molar-refractivity contribution in [3.8, 4) is 0 Å². The number of nitrogens with zero attached hydrogens (tertiary/aromatic N) is 5. The molecule has 0 spiro atoms. The average Bonchev–Trinajstić information content (AvgIpc) is 3.34. The molecule has 27 heavy (non-hydrogen) atoms. The summed E-state index contributed by atoms with van der Waals surface area (Å²) in [4.78, 5) is 16.9. The predicted molar refractivity (Wildman–Crippen MR) is 105 cm³/mol. The number of fused-ring (bicyclic) bond motifs is 1. The van der Waals surface area contributed by atoms with E-state index in [1.807, 2.05) is 6.92 Å². The summed E-state index contributed by atoms with van der Waals surface area (Å²) in [5.41, 5.74) is 3.24. The topological polar surface area (TPSA) is 94.8 Å². The highest BCUT2D eigenvalue weighted by atomic mass is 32.2. The zero-order valence-electron chi connectivity index (χ0n) is 15.1. The highest BCUT2D eigenvalue weighted by Gasteiger charge is 2.19. The van der Waals surface area contributed by atoms with E-state index in [0.29, 0.717) is 16.8 Å². The number of ether oxygens (including phenoxy) is 1. The first-order chi connectivity index (χ1) is 13.1. The molecule has 1 atom stereocenters. The average molecular weight is 405 g/mol. The Balaban J connectivity index is 1.36. The minimum Gasteiger partial charge on any atom is -0.376 e. The summed E-state index contributed by atoms with van der Waals surface area (Å²) < 4.78 is 8.41. The van der Waals surface area contributed by atoms with Crippen molar-refractivity contribution in [3.05, 3.63) is 23.3 Å². The van der Waals surface area contributed by atoms with Crippen molar-refractivity contribution in [1.82, 2.24) is 25.2 Å². The predicted octanol–water partition coefficient (Wildman–Crippen LogP) is 2.81. The summed E-state index contributed by atoms with van der Waals surface area (Å²) in [6.45, 7) is 5.50. The zero-order chi connectivity index (χ0) is 18.8. The van der Waals surface area contributed by atoms with Gasteiger partial charge >= 0.3 is 0 Å². The van der Waals surface area contributed by atoms with E-state index in [9.17, 15) is 4.79 Å². The lowest BCUT2D eigenvalue weighted by atomic mass is 10.1. The summed E-state index contributed by atoms with van der Waals surface area (Å²) in [6, 6.07) is 4.18. The van der Waals surface area contributed by atoms with E-state index in [1.54, 1.807) is 4.68 Å². The lowest BCUT2D eigenvalue weighted by Crippen LogP contribution is -2.18. The van der Waals surface area contributed by atoms with E-state index in [0.717, 1.165) is 35.2 Å². The van der Waals surface area contributed by atoms with Gasteiger partial charge in [-0.2, -0.15) is 0 Å². The Kier molecular flexibility index (Phi) is 5.37. The highest BCUT2D eigenvalue weighted by Crippen LogP contribution is 2.29. The van der Waals surface area contributed by atoms with Gasteiger partial charge < -0.3 is 10.1 Å². The fraction of sp³-hybridized carbons (Fsp3) is 0.471. The van der Waals surface area contributed by atoms with Crippen LogP contribution in [0.3, 0.4) is 0 Å². The Morgan fingerprint density at radius 3 is 3.15 bits per heavy atom. The first-order valence-electron chi connectivity index (χ1n) is 8.76. The SMILES string of the molecule is Cc1cc(C)c2nc(NC(=O)CSc3nnnn3C[C@H]3CCCO3)sc2c1. The monoisotopic (exact) mass is 404 g/mol. The van der Waals surface area contributed by atoms with Gasteiger partial charge in [-0.1, -0.05) is 29.2 Å². The second-order valence-electron chi connectivity index (χ2n) is 6.56. The molecule has 1 amide bonds. The smallest absolute Gasteiger partial charge is 0.236 e. The van der Waals surface area contributed by atoms with Gasteiger partial charge in [0.15, 0.2) is 5.13 Å². The number of tetrazole rings is 1. The Labute approximate surface area is 164 Å². The zero-order valence-corrected chi connectivity index (χ0v) is 16.8. The molecule has 1 aromatic carbocycles. The molecule has 2 aromatic heterocycles. The second-order valence-corrected chi connectivity index (χ2v) is 8.54. The second kappa shape index (κ2) is 7.91. The van der Waals surface area contributed by atoms with Crippen molar-refractivity contribution < 1.29 is 9.53 Å². The third kappa shape index (κ3) is 4.28. The molecular weight excluding hydrogens is 384 g/mol. The molecule has 0 unspecified atom stereocenters. The molecule has 3 heterocycles. The molecule has 10 heteroatoms. The van der Waals surface area contributed by atoms with Crippen LogP contribution < -0.4 is 5.32 Å². The van der Waals surface area contributed by atoms with E-state index in [2.05, 4.69) is 44.9 Å². The molecule has 1 aliphatic heterocycles. The molecule has 0 saturated carbocycles. The van der Waals surface area contributed by atoms with Gasteiger partial charge in [0.25, 0.3) is 0 Å². The number of thioether (sulfide) groups is 1. The van der Waals surface area contributed by atoms with Gasteiger partial charge in [-0.25, -0.2) is 9.67 Å². The molecule has 1 fully saturated rings. The normalized spacial score (nSPS) is 16.9. The number of anilines is 1. The number of hydrogen-bond acceptors (Lipinski definition) is 8. The van der Waals surface area contributed by atoms with Crippen LogP contribution in [0, 0.1) is 13.8 Å². The number of benzene rings is 1. The van der Waals surface area contributed by atoms with Gasteiger partial charge in [0.2, 0.25) is 11.1 Å². The molecule has 8 nitrogen and oxygen atoms in total. The van der Waals surface area contributed by atoms with Gasteiger partial charge in [-0.3, -0.25) is 4.79 Å². The number of nitrogens with one attached hydrogen (secondary N) is 1. The van der Waals surface area contributed by atoms with Crippen LogP contribution in [0.25, 0.3) is 10.2 Å². The van der Waals surface area contributed by atoms with Crippen LogP contribution in [0.2, 0.25) is 0 Å². The van der Waals surface area contributed by atoms with Crippen molar-refractivity contribution in [2.24, 2.45) is 0 Å². The number of carbonyl (C=O) groups excluding carboxylic acids is 1. The molecule has 1 N–H and O–H groups in total. The molecule has 3 aromatic rings. The maximum Gasteiger partial charge on any atom is 0.236 e. The number of aromatic nitrogens is 5. The Hall–Kier alpha value is -2.04. The largest absolute Gasteiger partial charge is 0.376 e. The quantitative estimate of drug-likeness (QED) is 0.631. The summed E-state index contributed by atoms with van der Waals surface area (Å²) in [7, 11) is 0. The fourth-order valence-electron chi connectivity index (χ4n) is 3.11. The Morgan fingerprint density at radius 1 is 1.44 bits per heavy atom. The van der Waals surface area contributed by atoms with Crippen LogP contribution in [0.1, 0.15) is 24.0 Å². The number of thiazole rings is 1. The van der Waals surface area contributed by atoms with Crippen molar-refractivity contribution in [2.45, 2.75) is 44.5 Å². The van der Waals surface area contributed by atoms with Crippen LogP contribution >= 0.6 is 23.1 Å². The summed E-state index contributed by atoms with van der Waals surface area (Å²) in [5.74, 6) is 0.0971. The van der Waals surface area contributed by atoms with Gasteiger partial charge in [0.1, 0.15) is 0 Å². The third-order valence-electron chi connectivity index (χ3n) is 4.31. The van der Waals surface area contributed by atoms with Crippen LogP contribution in [0.15, 0.2) is 17.3 Å². The molecular formula is C17H20N6O2S2. The van der Waals surface area contributed by atoms with Crippen molar-refractivity contribution >= 4 is 44.4 Å². The van der Waals surface area contributed by atoms with E-state index in [1.165, 1.54) is 28.7 Å². The molecule has 142 valence electrons. The third-order valence-corrected chi connectivity index (χ3v) is 6.18. The van der Waals surface area contributed by atoms with Crippen molar-refractivity contribution in [1.29, 1.82) is 0 Å². The standard InChI is InChI=1S/C17H20N6O2S2/c1-10-6-11(2)15-13(7-10)27-16(19-15)18-14(24)9-26-17-20-21-22-23(17)8-12-4-3-5-25-12/h6-7,12H,3-5,8-9H2,1-2H3,(H,18,19,24)/t12-/m1/s1. The Bertz CT molecular complexity index is 964. The van der Waals surface area contributed by atoms with Gasteiger partial charge in [-0.05, 0) is 54.3 Å². The summed E-state index contributed by atoms with van der Waals surface area (Å²) in [5, 5.41) is 15.8. The number of amides is 1. The van der Waals surface area contributed by atoms with E-state index < -0.39 is 0 Å². The first kappa shape index (κ1) is 18.3. The molecule has 0 bridgehead atoms. The van der Waals surface area contributed by atoms with Crippen molar-refractivity contribution in [3.63, 3.8) is 0 Å². The number of aryl methyl sites for hydroxylation is 2. The minimum absolute atomic E-state index is 0.125. The van der Waals surface area contributed by atoms with Crippen LogP contribution in [-0.2, 0) is 16.1 Å². The molecule has 1 saturated heterocycles.